The van der Waals surface area contributed by atoms with E-state index in [1.54, 1.807) is 36.4 Å². The van der Waals surface area contributed by atoms with Gasteiger partial charge >= 0.3 is 18.8 Å². The van der Waals surface area contributed by atoms with Crippen LogP contribution >= 0.6 is 0 Å². The lowest BCUT2D eigenvalue weighted by Crippen LogP contribution is -2.41. The minimum absolute atomic E-state index is 0.00196. The molecule has 0 spiro atoms. The predicted molar refractivity (Wildman–Crippen MR) is 151 cm³/mol. The minimum Gasteiger partial charge on any atom is -0.430 e. The lowest BCUT2D eigenvalue weighted by molar-refractivity contribution is -0.275. The van der Waals surface area contributed by atoms with Crippen LogP contribution in [0.1, 0.15) is 29.2 Å². The Morgan fingerprint density at radius 1 is 0.587 bits per heavy atom. The van der Waals surface area contributed by atoms with Gasteiger partial charge in [0.05, 0.1) is 0 Å². The molecule has 46 heavy (non-hydrogen) atoms. The van der Waals surface area contributed by atoms with Gasteiger partial charge < -0.3 is 19.5 Å². The summed E-state index contributed by atoms with van der Waals surface area (Å²) in [5, 5.41) is 3.16. The predicted octanol–water partition coefficient (Wildman–Crippen LogP) is 9.13. The Balaban J connectivity index is 1.78. The van der Waals surface area contributed by atoms with Crippen molar-refractivity contribution in [3.8, 4) is 17.2 Å². The summed E-state index contributed by atoms with van der Waals surface area (Å²) in [5.41, 5.74) is 0.331. The monoisotopic (exact) mass is 657 g/mol. The number of rotatable bonds is 13. The lowest BCUT2D eigenvalue weighted by Gasteiger charge is -2.36. The molecule has 0 saturated carbocycles. The molecule has 4 nitrogen and oxygen atoms in total. The highest BCUT2D eigenvalue weighted by Gasteiger charge is 2.40. The molecule has 1 atom stereocenters. The first-order valence-electron chi connectivity index (χ1n) is 13.8. The summed E-state index contributed by atoms with van der Waals surface area (Å²) in [6.07, 6.45) is -16.6. The van der Waals surface area contributed by atoms with Crippen molar-refractivity contribution < 1.29 is 53.7 Å². The highest BCUT2D eigenvalue weighted by molar-refractivity contribution is 5.47. The fourth-order valence-corrected chi connectivity index (χ4v) is 4.94. The number of ether oxygens (including phenoxy) is 3. The molecule has 0 radical (unpaired) electrons. The van der Waals surface area contributed by atoms with E-state index in [1.165, 1.54) is 42.5 Å². The molecule has 0 bridgehead atoms. The van der Waals surface area contributed by atoms with E-state index in [1.807, 2.05) is 0 Å². The Bertz CT molecular complexity index is 1520. The third kappa shape index (κ3) is 9.56. The molecule has 0 fully saturated rings. The van der Waals surface area contributed by atoms with E-state index in [4.69, 9.17) is 0 Å². The summed E-state index contributed by atoms with van der Waals surface area (Å²) in [6.45, 7) is 0.582. The molecule has 1 unspecified atom stereocenters. The maximum atomic E-state index is 13.9. The van der Waals surface area contributed by atoms with E-state index < -0.39 is 41.9 Å². The second-order valence-corrected chi connectivity index (χ2v) is 10.4. The van der Waals surface area contributed by atoms with Crippen LogP contribution in [-0.2, 0) is 18.4 Å². The molecule has 0 amide bonds. The molecule has 246 valence electrons. The second kappa shape index (κ2) is 13.9. The van der Waals surface area contributed by atoms with Crippen LogP contribution in [0.25, 0.3) is 0 Å². The summed E-state index contributed by atoms with van der Waals surface area (Å²) in [6, 6.07) is 24.4. The molecule has 1 N–H and O–H groups in total. The molecule has 0 aromatic heterocycles. The second-order valence-electron chi connectivity index (χ2n) is 10.4. The first-order valence-corrected chi connectivity index (χ1v) is 13.8. The quantitative estimate of drug-likeness (QED) is 0.146. The van der Waals surface area contributed by atoms with Gasteiger partial charge in [0, 0.05) is 18.5 Å². The maximum Gasteiger partial charge on any atom is 0.573 e. The Hall–Kier alpha value is -4.39. The zero-order chi connectivity index (χ0) is 33.6. The number of benzene rings is 4. The average Bonchev–Trinajstić information content (AvgIpc) is 2.95. The van der Waals surface area contributed by atoms with Gasteiger partial charge in [-0.25, -0.2) is 4.39 Å². The Labute approximate surface area is 258 Å². The molecule has 0 saturated heterocycles. The van der Waals surface area contributed by atoms with Crippen LogP contribution in [0.3, 0.4) is 0 Å². The largest absolute Gasteiger partial charge is 0.573 e. The van der Waals surface area contributed by atoms with Crippen molar-refractivity contribution in [3.63, 3.8) is 0 Å². The van der Waals surface area contributed by atoms with E-state index in [-0.39, 0.29) is 36.4 Å². The van der Waals surface area contributed by atoms with Crippen LogP contribution < -0.4 is 19.5 Å². The van der Waals surface area contributed by atoms with Gasteiger partial charge in [0.1, 0.15) is 17.2 Å². The van der Waals surface area contributed by atoms with Gasteiger partial charge in [-0.3, -0.25) is 0 Å². The molecule has 13 heteroatoms. The fraction of sp³-hybridized carbons (Fsp3) is 0.273. The summed E-state index contributed by atoms with van der Waals surface area (Å²) in [4.78, 5) is 0. The number of halogens is 9. The van der Waals surface area contributed by atoms with Crippen LogP contribution in [-0.4, -0.2) is 31.5 Å². The molecule has 0 aliphatic carbocycles. The van der Waals surface area contributed by atoms with E-state index in [0.717, 1.165) is 24.3 Å². The summed E-state index contributed by atoms with van der Waals surface area (Å²) < 4.78 is 133. The lowest BCUT2D eigenvalue weighted by atomic mass is 9.70. The van der Waals surface area contributed by atoms with Crippen molar-refractivity contribution in [2.45, 2.75) is 50.3 Å². The van der Waals surface area contributed by atoms with Crippen molar-refractivity contribution in [3.05, 3.63) is 125 Å². The zero-order valence-corrected chi connectivity index (χ0v) is 24.1. The number of nitrogens with one attached hydrogen (secondary N) is 1. The van der Waals surface area contributed by atoms with Crippen molar-refractivity contribution in [1.82, 2.24) is 5.32 Å². The first kappa shape index (κ1) is 34.5. The van der Waals surface area contributed by atoms with E-state index in [0.29, 0.717) is 18.1 Å². The van der Waals surface area contributed by atoms with Gasteiger partial charge in [-0.2, -0.15) is 8.78 Å². The number of hydrogen-bond acceptors (Lipinski definition) is 4. The summed E-state index contributed by atoms with van der Waals surface area (Å²) in [5.74, 6) is -1.39. The molecule has 4 aromatic rings. The molecule has 4 aromatic carbocycles. The fourth-order valence-electron chi connectivity index (χ4n) is 4.94. The molecule has 0 aliphatic rings. The Kier molecular flexibility index (Phi) is 10.4. The Morgan fingerprint density at radius 3 is 1.57 bits per heavy atom. The zero-order valence-electron chi connectivity index (χ0n) is 24.1. The number of hydrogen-bond donors (Lipinski definition) is 1. The van der Waals surface area contributed by atoms with Crippen LogP contribution in [0.2, 0.25) is 0 Å². The van der Waals surface area contributed by atoms with Gasteiger partial charge in [0.2, 0.25) is 6.17 Å². The van der Waals surface area contributed by atoms with Crippen molar-refractivity contribution in [2.24, 2.45) is 0 Å². The van der Waals surface area contributed by atoms with Gasteiger partial charge in [-0.05, 0) is 72.0 Å². The Morgan fingerprint density at radius 2 is 1.07 bits per heavy atom. The third-order valence-electron chi connectivity index (χ3n) is 6.96. The van der Waals surface area contributed by atoms with Gasteiger partial charge in [0.15, 0.2) is 0 Å². The highest BCUT2D eigenvalue weighted by atomic mass is 19.4. The SMILES string of the molecule is CC(F)C(F)(F)Oc1cccc(CNCC(Cc2ccccc2)(c2cccc(OC(F)(F)F)c2)c2cccc(OC(F)(F)F)c2)c1. The minimum atomic E-state index is -5.01. The topological polar surface area (TPSA) is 39.7 Å². The molecular formula is C33H28F9NO3. The van der Waals surface area contributed by atoms with Crippen molar-refractivity contribution >= 4 is 0 Å². The van der Waals surface area contributed by atoms with Crippen LogP contribution in [0.5, 0.6) is 17.2 Å². The van der Waals surface area contributed by atoms with Crippen LogP contribution in [0.4, 0.5) is 39.5 Å². The normalized spacial score (nSPS) is 13.3. The van der Waals surface area contributed by atoms with Crippen LogP contribution in [0.15, 0.2) is 103 Å². The first-order chi connectivity index (χ1) is 21.5. The summed E-state index contributed by atoms with van der Waals surface area (Å²) >= 11 is 0. The average molecular weight is 658 g/mol. The van der Waals surface area contributed by atoms with E-state index in [2.05, 4.69) is 19.5 Å². The van der Waals surface area contributed by atoms with E-state index in [9.17, 15) is 39.5 Å². The smallest absolute Gasteiger partial charge is 0.430 e. The molecular weight excluding hydrogens is 629 g/mol. The van der Waals surface area contributed by atoms with E-state index >= 15 is 0 Å². The van der Waals surface area contributed by atoms with Crippen LogP contribution in [0, 0.1) is 0 Å². The van der Waals surface area contributed by atoms with Gasteiger partial charge in [-0.15, -0.1) is 26.3 Å². The molecule has 4 rings (SSSR count). The molecule has 0 heterocycles. The maximum absolute atomic E-state index is 13.9. The standard InChI is InChI=1S/C33H28F9NO3/c1-22(34)31(35,36)44-27-13-5-10-24(16-27)20-43-21-30(19-23-8-3-2-4-9-23,25-11-6-14-28(17-25)45-32(37,38)39)26-12-7-15-29(18-26)46-33(40,41)42/h2-18,22,43H,19-21H2,1H3. The summed E-state index contributed by atoms with van der Waals surface area (Å²) in [7, 11) is 0. The van der Waals surface area contributed by atoms with Gasteiger partial charge in [-0.1, -0.05) is 66.7 Å². The number of alkyl halides is 9. The van der Waals surface area contributed by atoms with Gasteiger partial charge in [0.25, 0.3) is 0 Å². The van der Waals surface area contributed by atoms with Crippen molar-refractivity contribution in [2.75, 3.05) is 6.54 Å². The van der Waals surface area contributed by atoms with Crippen molar-refractivity contribution in [1.29, 1.82) is 0 Å². The molecule has 0 aliphatic heterocycles. The third-order valence-corrected chi connectivity index (χ3v) is 6.96. The highest BCUT2D eigenvalue weighted by Crippen LogP contribution is 2.40.